The van der Waals surface area contributed by atoms with Crippen LogP contribution in [-0.4, -0.2) is 78.8 Å². The summed E-state index contributed by atoms with van der Waals surface area (Å²) in [5.74, 6) is 0.925. The van der Waals surface area contributed by atoms with E-state index in [1.54, 1.807) is 12.3 Å². The predicted molar refractivity (Wildman–Crippen MR) is 89.3 cm³/mol. The lowest BCUT2D eigenvalue weighted by atomic mass is 10.1. The molecule has 2 N–H and O–H groups in total. The van der Waals surface area contributed by atoms with Crippen LogP contribution >= 0.6 is 0 Å². The summed E-state index contributed by atoms with van der Waals surface area (Å²) in [6.45, 7) is 3.49. The molecule has 2 aromatic rings. The molecule has 26 heavy (non-hydrogen) atoms. The van der Waals surface area contributed by atoms with Crippen LogP contribution in [0.3, 0.4) is 0 Å². The molecule has 0 radical (unpaired) electrons. The number of carbonyl (C=O) groups excluding carboxylic acids is 2. The number of piperazine rings is 1. The second-order valence-corrected chi connectivity index (χ2v) is 7.05. The average molecular weight is 356 g/mol. The van der Waals surface area contributed by atoms with Gasteiger partial charge in [-0.15, -0.1) is 10.2 Å². The summed E-state index contributed by atoms with van der Waals surface area (Å²) in [5, 5.41) is 18.0. The van der Waals surface area contributed by atoms with Crippen molar-refractivity contribution >= 4 is 11.8 Å². The molecule has 3 aliphatic rings. The Morgan fingerprint density at radius 1 is 1.15 bits per heavy atom. The Kier molecular flexibility index (Phi) is 3.52. The van der Waals surface area contributed by atoms with E-state index in [2.05, 4.69) is 30.6 Å². The quantitative estimate of drug-likeness (QED) is 0.760. The summed E-state index contributed by atoms with van der Waals surface area (Å²) in [6, 6.07) is 1.92. The first kappa shape index (κ1) is 15.5. The number of rotatable bonds is 3. The third-order valence-electron chi connectivity index (χ3n) is 5.31. The van der Waals surface area contributed by atoms with Crippen molar-refractivity contribution < 1.29 is 9.59 Å². The molecule has 1 unspecified atom stereocenters. The highest BCUT2D eigenvalue weighted by Gasteiger charge is 2.38. The number of fused-ring (bicyclic) bond motifs is 3. The Balaban J connectivity index is 1.38. The van der Waals surface area contributed by atoms with Gasteiger partial charge in [0.05, 0.1) is 6.04 Å². The summed E-state index contributed by atoms with van der Waals surface area (Å²) in [5.41, 5.74) is 0.486. The van der Waals surface area contributed by atoms with Crippen molar-refractivity contribution in [1.29, 1.82) is 0 Å². The van der Waals surface area contributed by atoms with Crippen LogP contribution in [-0.2, 0) is 6.54 Å². The van der Waals surface area contributed by atoms with E-state index in [9.17, 15) is 9.59 Å². The number of amides is 2. The molecular formula is C16H20N8O2. The molecule has 10 nitrogen and oxygen atoms in total. The molecule has 1 aliphatic carbocycles. The number of hydrogen-bond donors (Lipinski definition) is 2. The fraction of sp³-hybridized carbons (Fsp3) is 0.562. The lowest BCUT2D eigenvalue weighted by Gasteiger charge is -2.43. The van der Waals surface area contributed by atoms with Crippen LogP contribution in [0.2, 0.25) is 0 Å². The molecule has 0 spiro atoms. The number of aromatic amines is 1. The van der Waals surface area contributed by atoms with Crippen molar-refractivity contribution in [3.8, 4) is 0 Å². The van der Waals surface area contributed by atoms with Crippen LogP contribution in [0.25, 0.3) is 0 Å². The maximum atomic E-state index is 12.6. The summed E-state index contributed by atoms with van der Waals surface area (Å²) in [7, 11) is 0. The molecule has 2 fully saturated rings. The minimum atomic E-state index is -0.152. The highest BCUT2D eigenvalue weighted by atomic mass is 16.2. The van der Waals surface area contributed by atoms with Crippen molar-refractivity contribution in [3.63, 3.8) is 0 Å². The predicted octanol–water partition coefficient (Wildman–Crippen LogP) is -0.594. The molecular weight excluding hydrogens is 336 g/mol. The highest BCUT2D eigenvalue weighted by molar-refractivity contribution is 5.92. The van der Waals surface area contributed by atoms with Crippen LogP contribution in [0, 0.1) is 0 Å². The molecule has 0 aromatic carbocycles. The molecule has 10 heteroatoms. The van der Waals surface area contributed by atoms with Crippen LogP contribution in [0.15, 0.2) is 12.3 Å². The van der Waals surface area contributed by atoms with Gasteiger partial charge < -0.3 is 14.8 Å². The number of H-pyrrole nitrogens is 1. The first-order valence-corrected chi connectivity index (χ1v) is 8.97. The van der Waals surface area contributed by atoms with E-state index in [4.69, 9.17) is 0 Å². The first-order valence-electron chi connectivity index (χ1n) is 8.97. The van der Waals surface area contributed by atoms with E-state index < -0.39 is 0 Å². The van der Waals surface area contributed by atoms with E-state index in [0.717, 1.165) is 31.8 Å². The van der Waals surface area contributed by atoms with Crippen molar-refractivity contribution in [2.24, 2.45) is 0 Å². The van der Waals surface area contributed by atoms with E-state index in [0.29, 0.717) is 31.2 Å². The highest BCUT2D eigenvalue weighted by Crippen LogP contribution is 2.29. The molecule has 2 amide bonds. The number of nitrogens with one attached hydrogen (secondary N) is 2. The van der Waals surface area contributed by atoms with Gasteiger partial charge in [0.25, 0.3) is 11.8 Å². The van der Waals surface area contributed by atoms with Gasteiger partial charge in [0.2, 0.25) is 5.82 Å². The number of aromatic nitrogens is 5. The summed E-state index contributed by atoms with van der Waals surface area (Å²) >= 11 is 0. The number of carbonyl (C=O) groups is 2. The summed E-state index contributed by atoms with van der Waals surface area (Å²) < 4.78 is 1.91. The van der Waals surface area contributed by atoms with Crippen LogP contribution < -0.4 is 5.32 Å². The van der Waals surface area contributed by atoms with Gasteiger partial charge in [-0.2, -0.15) is 5.10 Å². The maximum Gasteiger partial charge on any atom is 0.289 e. The van der Waals surface area contributed by atoms with Gasteiger partial charge in [0, 0.05) is 45.0 Å². The fourth-order valence-electron chi connectivity index (χ4n) is 3.72. The molecule has 2 aromatic heterocycles. The first-order chi connectivity index (χ1) is 12.7. The SMILES string of the molecule is O=C(NC1CC1)c1nnc2n1CCN1CCN(C(=O)c3ccn[nH]3)CC21. The Bertz CT molecular complexity index is 841. The van der Waals surface area contributed by atoms with E-state index in [-0.39, 0.29) is 23.9 Å². The lowest BCUT2D eigenvalue weighted by molar-refractivity contribution is 0.0368. The molecule has 1 saturated heterocycles. The molecule has 4 heterocycles. The zero-order chi connectivity index (χ0) is 17.7. The average Bonchev–Trinajstić information content (AvgIpc) is 3.15. The van der Waals surface area contributed by atoms with E-state index >= 15 is 0 Å². The van der Waals surface area contributed by atoms with Crippen LogP contribution in [0.1, 0.15) is 45.8 Å². The topological polar surface area (TPSA) is 112 Å². The van der Waals surface area contributed by atoms with Gasteiger partial charge in [0.1, 0.15) is 5.69 Å². The Hall–Kier alpha value is -2.75. The van der Waals surface area contributed by atoms with Crippen molar-refractivity contribution in [2.75, 3.05) is 26.2 Å². The Labute approximate surface area is 149 Å². The number of hydrogen-bond acceptors (Lipinski definition) is 6. The largest absolute Gasteiger partial charge is 0.347 e. The lowest BCUT2D eigenvalue weighted by Crippen LogP contribution is -2.53. The smallest absolute Gasteiger partial charge is 0.289 e. The molecule has 2 aliphatic heterocycles. The van der Waals surface area contributed by atoms with Gasteiger partial charge >= 0.3 is 0 Å². The minimum absolute atomic E-state index is 0.0423. The third kappa shape index (κ3) is 2.57. The molecule has 1 saturated carbocycles. The standard InChI is InChI=1S/C16H20N8O2/c25-15(18-10-1-2-10)14-21-20-13-12-9-23(16(26)11-3-4-17-19-11)6-5-22(12)7-8-24(13)14/h3-4,10,12H,1-2,5-9H2,(H,17,19)(H,18,25). The second kappa shape index (κ2) is 5.90. The fourth-order valence-corrected chi connectivity index (χ4v) is 3.72. The van der Waals surface area contributed by atoms with Gasteiger partial charge in [-0.3, -0.25) is 19.6 Å². The van der Waals surface area contributed by atoms with Gasteiger partial charge in [-0.25, -0.2) is 0 Å². The molecule has 136 valence electrons. The molecule has 5 rings (SSSR count). The van der Waals surface area contributed by atoms with Gasteiger partial charge in [-0.05, 0) is 18.9 Å². The van der Waals surface area contributed by atoms with E-state index in [1.807, 2.05) is 9.47 Å². The maximum absolute atomic E-state index is 12.6. The normalized spacial score (nSPS) is 22.6. The second-order valence-electron chi connectivity index (χ2n) is 7.05. The van der Waals surface area contributed by atoms with Gasteiger partial charge in [0.15, 0.2) is 5.82 Å². The van der Waals surface area contributed by atoms with E-state index in [1.165, 1.54) is 0 Å². The Morgan fingerprint density at radius 2 is 2.00 bits per heavy atom. The number of nitrogens with zero attached hydrogens (tertiary/aromatic N) is 6. The zero-order valence-corrected chi connectivity index (χ0v) is 14.3. The van der Waals surface area contributed by atoms with Crippen molar-refractivity contribution in [2.45, 2.75) is 31.5 Å². The summed E-state index contributed by atoms with van der Waals surface area (Å²) in [6.07, 6.45) is 3.65. The van der Waals surface area contributed by atoms with Crippen LogP contribution in [0.5, 0.6) is 0 Å². The van der Waals surface area contributed by atoms with Gasteiger partial charge in [-0.1, -0.05) is 0 Å². The zero-order valence-electron chi connectivity index (χ0n) is 14.3. The minimum Gasteiger partial charge on any atom is -0.347 e. The third-order valence-corrected chi connectivity index (χ3v) is 5.31. The monoisotopic (exact) mass is 356 g/mol. The Morgan fingerprint density at radius 3 is 2.77 bits per heavy atom. The van der Waals surface area contributed by atoms with Crippen molar-refractivity contribution in [1.82, 2.24) is 40.1 Å². The van der Waals surface area contributed by atoms with Crippen molar-refractivity contribution in [3.05, 3.63) is 29.6 Å². The summed E-state index contributed by atoms with van der Waals surface area (Å²) in [4.78, 5) is 29.1. The molecule has 0 bridgehead atoms. The van der Waals surface area contributed by atoms with Crippen LogP contribution in [0.4, 0.5) is 0 Å². The molecule has 1 atom stereocenters.